The average Bonchev–Trinajstić information content (AvgIpc) is 3.23. The van der Waals surface area contributed by atoms with Crippen molar-refractivity contribution in [3.05, 3.63) is 47.8 Å². The van der Waals surface area contributed by atoms with Crippen LogP contribution in [-0.4, -0.2) is 38.6 Å². The first kappa shape index (κ1) is 23.1. The topological polar surface area (TPSA) is 97.8 Å². The van der Waals surface area contributed by atoms with Gasteiger partial charge in [-0.15, -0.1) is 11.3 Å². The van der Waals surface area contributed by atoms with Crippen LogP contribution in [-0.2, 0) is 14.8 Å². The molecule has 1 aliphatic rings. The molecule has 0 aliphatic carbocycles. The average molecular weight is 488 g/mol. The monoisotopic (exact) mass is 487 g/mol. The van der Waals surface area contributed by atoms with Crippen molar-refractivity contribution in [2.24, 2.45) is 0 Å². The van der Waals surface area contributed by atoms with E-state index in [4.69, 9.17) is 9.47 Å². The lowest BCUT2D eigenvalue weighted by Gasteiger charge is -2.29. The Hall–Kier alpha value is -3.11. The van der Waals surface area contributed by atoms with Crippen molar-refractivity contribution in [3.63, 3.8) is 0 Å². The molecular formula is C23H25N3O5S2. The highest BCUT2D eigenvalue weighted by atomic mass is 32.2. The maximum absolute atomic E-state index is 12.8. The smallest absolute Gasteiger partial charge is 0.265 e. The fourth-order valence-electron chi connectivity index (χ4n) is 3.43. The summed E-state index contributed by atoms with van der Waals surface area (Å²) in [5.74, 6) is 1.17. The summed E-state index contributed by atoms with van der Waals surface area (Å²) >= 11 is 1.19. The van der Waals surface area contributed by atoms with Crippen LogP contribution in [0.15, 0.2) is 52.7 Å². The molecule has 8 nitrogen and oxygen atoms in total. The lowest BCUT2D eigenvalue weighted by Crippen LogP contribution is -2.39. The van der Waals surface area contributed by atoms with Crippen LogP contribution in [0.4, 0.5) is 10.8 Å². The molecule has 1 aromatic heterocycles. The van der Waals surface area contributed by atoms with Gasteiger partial charge in [-0.2, -0.15) is 0 Å². The van der Waals surface area contributed by atoms with Crippen LogP contribution in [0, 0.1) is 0 Å². The van der Waals surface area contributed by atoms with Gasteiger partial charge >= 0.3 is 0 Å². The minimum Gasteiger partial charge on any atom is -0.491 e. The number of hydrogen-bond donors (Lipinski definition) is 1. The third-order valence-corrected chi connectivity index (χ3v) is 7.12. The largest absolute Gasteiger partial charge is 0.491 e. The maximum Gasteiger partial charge on any atom is 0.265 e. The molecule has 1 N–H and O–H groups in total. The second-order valence-corrected chi connectivity index (χ2v) is 10.3. The van der Waals surface area contributed by atoms with E-state index >= 15 is 0 Å². The number of carbonyl (C=O) groups excluding carboxylic acids is 1. The van der Waals surface area contributed by atoms with Gasteiger partial charge in [0.15, 0.2) is 11.7 Å². The number of nitrogens with zero attached hydrogens (tertiary/aromatic N) is 2. The lowest BCUT2D eigenvalue weighted by molar-refractivity contribution is -0.121. The summed E-state index contributed by atoms with van der Waals surface area (Å²) in [6, 6.07) is 11.8. The number of ether oxygens (including phenoxy) is 2. The fraction of sp³-hybridized carbons (Fsp3) is 0.304. The van der Waals surface area contributed by atoms with Gasteiger partial charge in [-0.05, 0) is 62.7 Å². The van der Waals surface area contributed by atoms with Crippen LogP contribution in [0.2, 0.25) is 0 Å². The summed E-state index contributed by atoms with van der Waals surface area (Å²) in [7, 11) is -3.80. The number of thiazole rings is 1. The van der Waals surface area contributed by atoms with Crippen molar-refractivity contribution < 1.29 is 22.7 Å². The van der Waals surface area contributed by atoms with Crippen LogP contribution < -0.4 is 19.1 Å². The molecule has 10 heteroatoms. The van der Waals surface area contributed by atoms with Crippen molar-refractivity contribution in [2.45, 2.75) is 38.2 Å². The second kappa shape index (κ2) is 9.40. The normalized spacial score (nSPS) is 13.6. The highest BCUT2D eigenvalue weighted by molar-refractivity contribution is 7.93. The van der Waals surface area contributed by atoms with Crippen molar-refractivity contribution in [1.29, 1.82) is 0 Å². The van der Waals surface area contributed by atoms with E-state index < -0.39 is 10.0 Å². The minimum atomic E-state index is -3.80. The molecule has 0 spiro atoms. The van der Waals surface area contributed by atoms with E-state index in [0.29, 0.717) is 29.4 Å². The Morgan fingerprint density at radius 3 is 2.67 bits per heavy atom. The van der Waals surface area contributed by atoms with Gasteiger partial charge in [0.2, 0.25) is 0 Å². The number of benzene rings is 2. The quantitative estimate of drug-likeness (QED) is 0.501. The van der Waals surface area contributed by atoms with E-state index in [-0.39, 0.29) is 28.6 Å². The van der Waals surface area contributed by atoms with Crippen LogP contribution in [0.25, 0.3) is 11.3 Å². The lowest BCUT2D eigenvalue weighted by atomic mass is 10.1. The maximum atomic E-state index is 12.8. The van der Waals surface area contributed by atoms with Crippen molar-refractivity contribution in [3.8, 4) is 22.8 Å². The zero-order valence-corrected chi connectivity index (χ0v) is 20.2. The predicted molar refractivity (Wildman–Crippen MR) is 129 cm³/mol. The van der Waals surface area contributed by atoms with E-state index in [1.807, 2.05) is 39.0 Å². The Labute approximate surface area is 197 Å². The first-order chi connectivity index (χ1) is 15.8. The highest BCUT2D eigenvalue weighted by Crippen LogP contribution is 2.37. The van der Waals surface area contributed by atoms with Crippen LogP contribution in [0.1, 0.15) is 27.2 Å². The van der Waals surface area contributed by atoms with Crippen LogP contribution in [0.3, 0.4) is 0 Å². The standard InChI is InChI=1S/C23H25N3O5S2/c1-4-11-26-20-12-16(5-10-21(20)30-13-22(26)27)19-14-32-23(24-19)25-33(28,29)18-8-6-17(7-9-18)31-15(2)3/h5-10,12,14-15H,4,11,13H2,1-3H3,(H,24,25). The summed E-state index contributed by atoms with van der Waals surface area (Å²) < 4.78 is 39.2. The van der Waals surface area contributed by atoms with Gasteiger partial charge in [0.05, 0.1) is 22.4 Å². The minimum absolute atomic E-state index is 0.00153. The van der Waals surface area contributed by atoms with Gasteiger partial charge in [-0.1, -0.05) is 6.92 Å². The molecule has 0 unspecified atom stereocenters. The summed E-state index contributed by atoms with van der Waals surface area (Å²) in [4.78, 5) is 18.5. The molecule has 0 bridgehead atoms. The summed E-state index contributed by atoms with van der Waals surface area (Å²) in [6.07, 6.45) is 0.824. The number of nitrogens with one attached hydrogen (secondary N) is 1. The number of sulfonamides is 1. The molecule has 0 radical (unpaired) electrons. The number of hydrogen-bond acceptors (Lipinski definition) is 7. The molecule has 0 fully saturated rings. The van der Waals surface area contributed by atoms with Gasteiger partial charge < -0.3 is 14.4 Å². The molecule has 1 aliphatic heterocycles. The third kappa shape index (κ3) is 5.12. The summed E-state index contributed by atoms with van der Waals surface area (Å²) in [6.45, 7) is 6.44. The third-order valence-electron chi connectivity index (χ3n) is 4.88. The Morgan fingerprint density at radius 2 is 1.97 bits per heavy atom. The van der Waals surface area contributed by atoms with E-state index in [0.717, 1.165) is 12.0 Å². The second-order valence-electron chi connectivity index (χ2n) is 7.80. The van der Waals surface area contributed by atoms with Crippen molar-refractivity contribution in [1.82, 2.24) is 4.98 Å². The first-order valence-corrected chi connectivity index (χ1v) is 13.0. The molecule has 174 valence electrons. The molecule has 1 amide bonds. The van der Waals surface area contributed by atoms with Crippen molar-refractivity contribution in [2.75, 3.05) is 22.8 Å². The molecule has 3 aromatic rings. The Balaban J connectivity index is 1.54. The molecule has 0 saturated carbocycles. The van der Waals surface area contributed by atoms with E-state index in [2.05, 4.69) is 9.71 Å². The zero-order chi connectivity index (χ0) is 23.6. The number of aromatic nitrogens is 1. The SMILES string of the molecule is CCCN1C(=O)COc2ccc(-c3csc(NS(=O)(=O)c4ccc(OC(C)C)cc4)n3)cc21. The Morgan fingerprint density at radius 1 is 1.21 bits per heavy atom. The molecule has 2 heterocycles. The highest BCUT2D eigenvalue weighted by Gasteiger charge is 2.25. The van der Waals surface area contributed by atoms with E-state index in [1.165, 1.54) is 23.5 Å². The van der Waals surface area contributed by atoms with Gasteiger partial charge in [-0.3, -0.25) is 9.52 Å². The molecule has 2 aromatic carbocycles. The predicted octanol–water partition coefficient (Wildman–Crippen LogP) is 4.53. The number of carbonyl (C=O) groups is 1. The number of fused-ring (bicyclic) bond motifs is 1. The van der Waals surface area contributed by atoms with Gasteiger partial charge in [0.1, 0.15) is 11.5 Å². The molecule has 33 heavy (non-hydrogen) atoms. The molecular weight excluding hydrogens is 462 g/mol. The summed E-state index contributed by atoms with van der Waals surface area (Å²) in [5, 5.41) is 2.03. The Bertz CT molecular complexity index is 1250. The summed E-state index contributed by atoms with van der Waals surface area (Å²) in [5.41, 5.74) is 2.07. The van der Waals surface area contributed by atoms with Crippen molar-refractivity contribution >= 4 is 38.1 Å². The van der Waals surface area contributed by atoms with Gasteiger partial charge in [0.25, 0.3) is 15.9 Å². The number of rotatable bonds is 8. The van der Waals surface area contributed by atoms with Crippen LogP contribution >= 0.6 is 11.3 Å². The van der Waals surface area contributed by atoms with Crippen LogP contribution in [0.5, 0.6) is 11.5 Å². The van der Waals surface area contributed by atoms with Gasteiger partial charge in [-0.25, -0.2) is 13.4 Å². The molecule has 0 saturated heterocycles. The number of anilines is 2. The zero-order valence-electron chi connectivity index (χ0n) is 18.6. The number of amides is 1. The van der Waals surface area contributed by atoms with Gasteiger partial charge in [0, 0.05) is 17.5 Å². The first-order valence-electron chi connectivity index (χ1n) is 10.6. The molecule has 4 rings (SSSR count). The Kier molecular flexibility index (Phi) is 6.57. The molecule has 0 atom stereocenters. The fourth-order valence-corrected chi connectivity index (χ4v) is 5.40. The van der Waals surface area contributed by atoms with E-state index in [1.54, 1.807) is 22.4 Å². The van der Waals surface area contributed by atoms with E-state index in [9.17, 15) is 13.2 Å².